The standard InChI is InChI=1S/C9H7BrFN3/c10-5-2-1-3-6(11)8(5)9-7(12)4-13-14-9/h1-4H,12H2,(H,13,14). The normalized spacial score (nSPS) is 10.4. The van der Waals surface area contributed by atoms with Crippen molar-refractivity contribution in [3.05, 3.63) is 34.7 Å². The van der Waals surface area contributed by atoms with Crippen LogP contribution in [0, 0.1) is 5.82 Å². The van der Waals surface area contributed by atoms with Crippen molar-refractivity contribution in [1.29, 1.82) is 0 Å². The fourth-order valence-corrected chi connectivity index (χ4v) is 1.77. The summed E-state index contributed by atoms with van der Waals surface area (Å²) in [5.74, 6) is -0.338. The van der Waals surface area contributed by atoms with Crippen molar-refractivity contribution in [3.8, 4) is 11.3 Å². The van der Waals surface area contributed by atoms with Crippen LogP contribution in [0.25, 0.3) is 11.3 Å². The number of hydrogen-bond acceptors (Lipinski definition) is 2. The van der Waals surface area contributed by atoms with Gasteiger partial charge in [-0.25, -0.2) is 4.39 Å². The summed E-state index contributed by atoms with van der Waals surface area (Å²) < 4.78 is 14.1. The lowest BCUT2D eigenvalue weighted by Crippen LogP contribution is -1.91. The quantitative estimate of drug-likeness (QED) is 0.823. The molecule has 3 nitrogen and oxygen atoms in total. The molecule has 0 fully saturated rings. The molecule has 0 unspecified atom stereocenters. The summed E-state index contributed by atoms with van der Waals surface area (Å²) in [5.41, 5.74) is 6.96. The molecule has 0 atom stereocenters. The van der Waals surface area contributed by atoms with Gasteiger partial charge in [0.1, 0.15) is 5.82 Å². The zero-order chi connectivity index (χ0) is 10.1. The summed E-state index contributed by atoms with van der Waals surface area (Å²) in [4.78, 5) is 0. The molecule has 0 aliphatic rings. The van der Waals surface area contributed by atoms with Gasteiger partial charge in [0.05, 0.1) is 23.1 Å². The number of aromatic amines is 1. The van der Waals surface area contributed by atoms with Crippen molar-refractivity contribution in [1.82, 2.24) is 10.2 Å². The van der Waals surface area contributed by atoms with E-state index in [1.54, 1.807) is 12.1 Å². The molecular weight excluding hydrogens is 249 g/mol. The Morgan fingerprint density at radius 1 is 1.43 bits per heavy atom. The molecule has 1 heterocycles. The third kappa shape index (κ3) is 1.39. The van der Waals surface area contributed by atoms with E-state index < -0.39 is 0 Å². The Balaban J connectivity index is 2.68. The summed E-state index contributed by atoms with van der Waals surface area (Å²) in [6.07, 6.45) is 1.45. The van der Waals surface area contributed by atoms with Crippen LogP contribution < -0.4 is 5.73 Å². The molecule has 0 saturated carbocycles. The molecule has 1 aromatic carbocycles. The number of nitrogens with two attached hydrogens (primary N) is 1. The minimum Gasteiger partial charge on any atom is -0.396 e. The molecule has 0 aliphatic carbocycles. The lowest BCUT2D eigenvalue weighted by atomic mass is 10.1. The van der Waals surface area contributed by atoms with Crippen LogP contribution in [-0.4, -0.2) is 10.2 Å². The molecule has 2 rings (SSSR count). The maximum absolute atomic E-state index is 13.5. The first-order valence-corrected chi connectivity index (χ1v) is 4.72. The first-order valence-electron chi connectivity index (χ1n) is 3.93. The lowest BCUT2D eigenvalue weighted by Gasteiger charge is -2.03. The smallest absolute Gasteiger partial charge is 0.133 e. The van der Waals surface area contributed by atoms with E-state index in [0.29, 0.717) is 21.4 Å². The highest BCUT2D eigenvalue weighted by Gasteiger charge is 2.13. The number of nitrogens with zero attached hydrogens (tertiary/aromatic N) is 1. The minimum atomic E-state index is -0.338. The summed E-state index contributed by atoms with van der Waals surface area (Å²) in [7, 11) is 0. The molecule has 0 amide bonds. The van der Waals surface area contributed by atoms with E-state index in [1.165, 1.54) is 12.3 Å². The van der Waals surface area contributed by atoms with Gasteiger partial charge in [0.25, 0.3) is 0 Å². The Morgan fingerprint density at radius 2 is 2.21 bits per heavy atom. The first kappa shape index (κ1) is 9.21. The van der Waals surface area contributed by atoms with Crippen LogP contribution in [0.1, 0.15) is 0 Å². The highest BCUT2D eigenvalue weighted by atomic mass is 79.9. The van der Waals surface area contributed by atoms with E-state index in [2.05, 4.69) is 26.1 Å². The number of benzene rings is 1. The third-order valence-corrected chi connectivity index (χ3v) is 2.54. The second-order valence-corrected chi connectivity index (χ2v) is 3.65. The maximum atomic E-state index is 13.5. The highest BCUT2D eigenvalue weighted by molar-refractivity contribution is 9.10. The second-order valence-electron chi connectivity index (χ2n) is 2.80. The van der Waals surface area contributed by atoms with Crippen LogP contribution in [-0.2, 0) is 0 Å². The minimum absolute atomic E-state index is 0.338. The Hall–Kier alpha value is -1.36. The van der Waals surface area contributed by atoms with Crippen LogP contribution in [0.5, 0.6) is 0 Å². The number of aromatic nitrogens is 2. The van der Waals surface area contributed by atoms with Gasteiger partial charge in [-0.2, -0.15) is 5.10 Å². The topological polar surface area (TPSA) is 54.7 Å². The molecular formula is C9H7BrFN3. The highest BCUT2D eigenvalue weighted by Crippen LogP contribution is 2.32. The number of nitrogen functional groups attached to an aromatic ring is 1. The average molecular weight is 256 g/mol. The number of halogens is 2. The van der Waals surface area contributed by atoms with Crippen LogP contribution in [0.3, 0.4) is 0 Å². The maximum Gasteiger partial charge on any atom is 0.133 e. The molecule has 0 spiro atoms. The van der Waals surface area contributed by atoms with Crippen LogP contribution in [0.4, 0.5) is 10.1 Å². The fraction of sp³-hybridized carbons (Fsp3) is 0. The van der Waals surface area contributed by atoms with E-state index in [9.17, 15) is 4.39 Å². The van der Waals surface area contributed by atoms with Crippen molar-refractivity contribution >= 4 is 21.6 Å². The van der Waals surface area contributed by atoms with Crippen molar-refractivity contribution < 1.29 is 4.39 Å². The number of hydrogen-bond donors (Lipinski definition) is 2. The zero-order valence-electron chi connectivity index (χ0n) is 7.09. The summed E-state index contributed by atoms with van der Waals surface area (Å²) in [6.45, 7) is 0. The number of nitrogens with one attached hydrogen (secondary N) is 1. The van der Waals surface area contributed by atoms with E-state index in [4.69, 9.17) is 5.73 Å². The first-order chi connectivity index (χ1) is 6.70. The van der Waals surface area contributed by atoms with E-state index in [0.717, 1.165) is 0 Å². The lowest BCUT2D eigenvalue weighted by molar-refractivity contribution is 0.630. The van der Waals surface area contributed by atoms with E-state index in [-0.39, 0.29) is 5.82 Å². The predicted octanol–water partition coefficient (Wildman–Crippen LogP) is 2.56. The van der Waals surface area contributed by atoms with Gasteiger partial charge >= 0.3 is 0 Å². The molecule has 0 saturated heterocycles. The van der Waals surface area contributed by atoms with Crippen molar-refractivity contribution in [3.63, 3.8) is 0 Å². The van der Waals surface area contributed by atoms with Gasteiger partial charge in [0, 0.05) is 4.47 Å². The van der Waals surface area contributed by atoms with Crippen LogP contribution >= 0.6 is 15.9 Å². The van der Waals surface area contributed by atoms with Gasteiger partial charge in [0.2, 0.25) is 0 Å². The largest absolute Gasteiger partial charge is 0.396 e. The molecule has 0 radical (unpaired) electrons. The van der Waals surface area contributed by atoms with Gasteiger partial charge < -0.3 is 5.73 Å². The van der Waals surface area contributed by atoms with Crippen LogP contribution in [0.15, 0.2) is 28.9 Å². The molecule has 72 valence electrons. The Kier molecular flexibility index (Phi) is 2.25. The zero-order valence-corrected chi connectivity index (χ0v) is 8.68. The SMILES string of the molecule is Nc1cn[nH]c1-c1c(F)cccc1Br. The third-order valence-electron chi connectivity index (χ3n) is 1.88. The monoisotopic (exact) mass is 255 g/mol. The van der Waals surface area contributed by atoms with Gasteiger partial charge in [-0.15, -0.1) is 0 Å². The van der Waals surface area contributed by atoms with Gasteiger partial charge in [-0.3, -0.25) is 5.10 Å². The number of rotatable bonds is 1. The molecule has 2 aromatic rings. The van der Waals surface area contributed by atoms with Crippen molar-refractivity contribution in [2.75, 3.05) is 5.73 Å². The van der Waals surface area contributed by atoms with Crippen molar-refractivity contribution in [2.24, 2.45) is 0 Å². The summed E-state index contributed by atoms with van der Waals surface area (Å²) in [6, 6.07) is 4.74. The Bertz CT molecular complexity index is 447. The van der Waals surface area contributed by atoms with Crippen molar-refractivity contribution in [2.45, 2.75) is 0 Å². The number of anilines is 1. The van der Waals surface area contributed by atoms with Gasteiger partial charge in [-0.05, 0) is 28.1 Å². The van der Waals surface area contributed by atoms with Crippen LogP contribution in [0.2, 0.25) is 0 Å². The Labute approximate surface area is 88.3 Å². The molecule has 1 aromatic heterocycles. The van der Waals surface area contributed by atoms with E-state index >= 15 is 0 Å². The molecule has 14 heavy (non-hydrogen) atoms. The Morgan fingerprint density at radius 3 is 2.79 bits per heavy atom. The molecule has 5 heteroatoms. The van der Waals surface area contributed by atoms with Gasteiger partial charge in [0.15, 0.2) is 0 Å². The fourth-order valence-electron chi connectivity index (χ4n) is 1.23. The predicted molar refractivity (Wildman–Crippen MR) is 56.1 cm³/mol. The number of H-pyrrole nitrogens is 1. The average Bonchev–Trinajstić information content (AvgIpc) is 2.52. The molecule has 3 N–H and O–H groups in total. The van der Waals surface area contributed by atoms with E-state index in [1.807, 2.05) is 0 Å². The second kappa shape index (κ2) is 3.42. The summed E-state index contributed by atoms with van der Waals surface area (Å²) in [5, 5.41) is 6.40. The molecule has 0 bridgehead atoms. The molecule has 0 aliphatic heterocycles. The summed E-state index contributed by atoms with van der Waals surface area (Å²) >= 11 is 3.26. The van der Waals surface area contributed by atoms with Gasteiger partial charge in [-0.1, -0.05) is 6.07 Å².